The largest absolute Gasteiger partial charge is 0.368 e. The van der Waals surface area contributed by atoms with E-state index >= 15 is 0 Å². The first kappa shape index (κ1) is 15.2. The molecular formula is C16H24N4O2. The van der Waals surface area contributed by atoms with Gasteiger partial charge < -0.3 is 15.0 Å². The molecule has 1 spiro atoms. The monoisotopic (exact) mass is 304 g/mol. The van der Waals surface area contributed by atoms with Gasteiger partial charge in [0.25, 0.3) is 0 Å². The molecule has 2 saturated heterocycles. The second-order valence-corrected chi connectivity index (χ2v) is 6.50. The molecule has 3 rings (SSSR count). The Morgan fingerprint density at radius 3 is 2.55 bits per heavy atom. The van der Waals surface area contributed by atoms with E-state index in [9.17, 15) is 4.79 Å². The summed E-state index contributed by atoms with van der Waals surface area (Å²) in [5.74, 6) is 0.820. The Labute approximate surface area is 131 Å². The average molecular weight is 304 g/mol. The summed E-state index contributed by atoms with van der Waals surface area (Å²) in [6.07, 6.45) is 7.49. The van der Waals surface area contributed by atoms with E-state index in [-0.39, 0.29) is 17.4 Å². The zero-order chi connectivity index (χ0) is 15.6. The summed E-state index contributed by atoms with van der Waals surface area (Å²) in [6, 6.07) is 0. The number of nitrogens with one attached hydrogen (secondary N) is 1. The van der Waals surface area contributed by atoms with Crippen LogP contribution in [0.25, 0.3) is 0 Å². The molecule has 1 atom stereocenters. The molecular weight excluding hydrogens is 280 g/mol. The number of hydrogen-bond donors (Lipinski definition) is 1. The van der Waals surface area contributed by atoms with Crippen molar-refractivity contribution >= 4 is 11.9 Å². The van der Waals surface area contributed by atoms with Crippen LogP contribution in [0.15, 0.2) is 12.4 Å². The van der Waals surface area contributed by atoms with Gasteiger partial charge in [0.2, 0.25) is 11.9 Å². The summed E-state index contributed by atoms with van der Waals surface area (Å²) in [6.45, 7) is 4.60. The quantitative estimate of drug-likeness (QED) is 0.892. The minimum absolute atomic E-state index is 0.000316. The van der Waals surface area contributed by atoms with Gasteiger partial charge in [0.1, 0.15) is 6.10 Å². The van der Waals surface area contributed by atoms with Gasteiger partial charge >= 0.3 is 0 Å². The number of hydrogen-bond acceptors (Lipinski definition) is 5. The smallest absolute Gasteiger partial charge is 0.248 e. The summed E-state index contributed by atoms with van der Waals surface area (Å²) in [7, 11) is 1.66. The van der Waals surface area contributed by atoms with Crippen molar-refractivity contribution in [1.29, 1.82) is 0 Å². The first-order valence-corrected chi connectivity index (χ1v) is 7.99. The second-order valence-electron chi connectivity index (χ2n) is 6.50. The van der Waals surface area contributed by atoms with E-state index < -0.39 is 0 Å². The molecule has 0 radical (unpaired) electrons. The minimum atomic E-state index is -0.269. The molecule has 0 saturated carbocycles. The van der Waals surface area contributed by atoms with E-state index in [2.05, 4.69) is 20.2 Å². The molecule has 6 nitrogen and oxygen atoms in total. The zero-order valence-corrected chi connectivity index (χ0v) is 13.3. The number of carbonyl (C=O) groups is 1. The Morgan fingerprint density at radius 2 is 2.00 bits per heavy atom. The SMILES string of the molecule is CNC(=O)[C@H]1CCC2(CCN(c3ncc(C)cn3)CC2)CO1. The number of nitrogens with zero attached hydrogens (tertiary/aromatic N) is 3. The standard InChI is InChI=1S/C16H24N4O2/c1-12-9-18-15(19-10-12)20-7-5-16(6-8-20)4-3-13(22-11-16)14(21)17-2/h9-10,13H,3-8,11H2,1-2H3,(H,17,21)/t13-/m1/s1. The van der Waals surface area contributed by atoms with Gasteiger partial charge in [0, 0.05) is 32.5 Å². The summed E-state index contributed by atoms with van der Waals surface area (Å²) in [5, 5.41) is 2.67. The third-order valence-electron chi connectivity index (χ3n) is 4.94. The lowest BCUT2D eigenvalue weighted by atomic mass is 9.73. The fourth-order valence-corrected chi connectivity index (χ4v) is 3.36. The highest BCUT2D eigenvalue weighted by Crippen LogP contribution is 2.41. The van der Waals surface area contributed by atoms with Gasteiger partial charge in [0.05, 0.1) is 6.61 Å². The first-order valence-electron chi connectivity index (χ1n) is 7.99. The van der Waals surface area contributed by atoms with Crippen molar-refractivity contribution in [3.8, 4) is 0 Å². The molecule has 2 aliphatic rings. The lowest BCUT2D eigenvalue weighted by molar-refractivity contribution is -0.142. The van der Waals surface area contributed by atoms with E-state index in [1.54, 1.807) is 7.05 Å². The molecule has 1 aromatic heterocycles. The van der Waals surface area contributed by atoms with E-state index in [1.165, 1.54) is 0 Å². The van der Waals surface area contributed by atoms with Crippen molar-refractivity contribution in [2.24, 2.45) is 5.41 Å². The molecule has 2 fully saturated rings. The van der Waals surface area contributed by atoms with E-state index in [0.717, 1.165) is 50.3 Å². The molecule has 0 unspecified atom stereocenters. The summed E-state index contributed by atoms with van der Waals surface area (Å²) >= 11 is 0. The van der Waals surface area contributed by atoms with Crippen molar-refractivity contribution in [3.05, 3.63) is 18.0 Å². The van der Waals surface area contributed by atoms with Crippen LogP contribution in [-0.2, 0) is 9.53 Å². The van der Waals surface area contributed by atoms with Gasteiger partial charge in [-0.3, -0.25) is 4.79 Å². The maximum atomic E-state index is 11.6. The topological polar surface area (TPSA) is 67.4 Å². The second kappa shape index (κ2) is 6.20. The van der Waals surface area contributed by atoms with Crippen molar-refractivity contribution in [3.63, 3.8) is 0 Å². The van der Waals surface area contributed by atoms with Gasteiger partial charge in [-0.25, -0.2) is 9.97 Å². The molecule has 1 N–H and O–H groups in total. The molecule has 120 valence electrons. The number of carbonyl (C=O) groups excluding carboxylic acids is 1. The van der Waals surface area contributed by atoms with Crippen LogP contribution in [0.1, 0.15) is 31.2 Å². The average Bonchev–Trinajstić information content (AvgIpc) is 2.56. The van der Waals surface area contributed by atoms with Gasteiger partial charge in [0.15, 0.2) is 0 Å². The summed E-state index contributed by atoms with van der Waals surface area (Å²) < 4.78 is 5.82. The highest BCUT2D eigenvalue weighted by atomic mass is 16.5. The van der Waals surface area contributed by atoms with Crippen LogP contribution in [0, 0.1) is 12.3 Å². The van der Waals surface area contributed by atoms with Crippen LogP contribution in [0.4, 0.5) is 5.95 Å². The van der Waals surface area contributed by atoms with Crippen LogP contribution >= 0.6 is 0 Å². The maximum absolute atomic E-state index is 11.6. The van der Waals surface area contributed by atoms with E-state index in [4.69, 9.17) is 4.74 Å². The number of rotatable bonds is 2. The first-order chi connectivity index (χ1) is 10.6. The summed E-state index contributed by atoms with van der Waals surface area (Å²) in [5.41, 5.74) is 1.31. The Kier molecular flexibility index (Phi) is 4.29. The Bertz CT molecular complexity index is 513. The Morgan fingerprint density at radius 1 is 1.32 bits per heavy atom. The Hall–Kier alpha value is -1.69. The summed E-state index contributed by atoms with van der Waals surface area (Å²) in [4.78, 5) is 22.7. The zero-order valence-electron chi connectivity index (χ0n) is 13.3. The molecule has 0 aromatic carbocycles. The van der Waals surface area contributed by atoms with Crippen LogP contribution in [0.5, 0.6) is 0 Å². The maximum Gasteiger partial charge on any atom is 0.248 e. The number of aromatic nitrogens is 2. The van der Waals surface area contributed by atoms with Crippen molar-refractivity contribution in [2.75, 3.05) is 31.6 Å². The van der Waals surface area contributed by atoms with Gasteiger partial charge in [-0.15, -0.1) is 0 Å². The number of ether oxygens (including phenoxy) is 1. The number of aryl methyl sites for hydroxylation is 1. The Balaban J connectivity index is 1.56. The van der Waals surface area contributed by atoms with Crippen molar-refractivity contribution in [2.45, 2.75) is 38.7 Å². The lowest BCUT2D eigenvalue weighted by Gasteiger charge is -2.45. The predicted molar refractivity (Wildman–Crippen MR) is 83.7 cm³/mol. The van der Waals surface area contributed by atoms with Crippen molar-refractivity contribution < 1.29 is 9.53 Å². The highest BCUT2D eigenvalue weighted by Gasteiger charge is 2.40. The molecule has 6 heteroatoms. The molecule has 0 aliphatic carbocycles. The molecule has 1 aromatic rings. The number of piperidine rings is 1. The highest BCUT2D eigenvalue weighted by molar-refractivity contribution is 5.80. The lowest BCUT2D eigenvalue weighted by Crippen LogP contribution is -2.48. The predicted octanol–water partition coefficient (Wildman–Crippen LogP) is 1.30. The van der Waals surface area contributed by atoms with Gasteiger partial charge in [-0.1, -0.05) is 0 Å². The molecule has 2 aliphatic heterocycles. The normalized spacial score (nSPS) is 24.3. The van der Waals surface area contributed by atoms with Crippen LogP contribution in [0.2, 0.25) is 0 Å². The molecule has 0 bridgehead atoms. The van der Waals surface area contributed by atoms with E-state index in [0.29, 0.717) is 6.61 Å². The number of amides is 1. The van der Waals surface area contributed by atoms with Crippen molar-refractivity contribution in [1.82, 2.24) is 15.3 Å². The minimum Gasteiger partial charge on any atom is -0.368 e. The third-order valence-corrected chi connectivity index (χ3v) is 4.94. The van der Waals surface area contributed by atoms with Crippen LogP contribution < -0.4 is 10.2 Å². The van der Waals surface area contributed by atoms with Gasteiger partial charge in [-0.2, -0.15) is 0 Å². The molecule has 1 amide bonds. The van der Waals surface area contributed by atoms with Gasteiger partial charge in [-0.05, 0) is 43.6 Å². The fraction of sp³-hybridized carbons (Fsp3) is 0.688. The van der Waals surface area contributed by atoms with Crippen LogP contribution in [0.3, 0.4) is 0 Å². The third kappa shape index (κ3) is 3.06. The number of likely N-dealkylation sites (N-methyl/N-ethyl adjacent to an activating group) is 1. The van der Waals surface area contributed by atoms with E-state index in [1.807, 2.05) is 19.3 Å². The van der Waals surface area contributed by atoms with Crippen LogP contribution in [-0.4, -0.2) is 48.7 Å². The number of anilines is 1. The molecule has 3 heterocycles. The fourth-order valence-electron chi connectivity index (χ4n) is 3.36. The molecule has 22 heavy (non-hydrogen) atoms.